The number of aliphatic hydroxyl groups excluding tert-OH is 2. The molecular formula is C14H14Br2O2S. The monoisotopic (exact) mass is 404 g/mol. The molecule has 2 rings (SSSR count). The van der Waals surface area contributed by atoms with Gasteiger partial charge in [0, 0.05) is 19.2 Å². The van der Waals surface area contributed by atoms with Crippen molar-refractivity contribution in [2.75, 3.05) is 13.2 Å². The SMILES string of the molecule is OCC(CO)(Cc1sccc1Br)c1ccccc1Br. The maximum absolute atomic E-state index is 9.85. The van der Waals surface area contributed by atoms with Crippen molar-refractivity contribution in [3.8, 4) is 0 Å². The third kappa shape index (κ3) is 3.11. The minimum Gasteiger partial charge on any atom is -0.395 e. The summed E-state index contributed by atoms with van der Waals surface area (Å²) in [6.07, 6.45) is 0.598. The van der Waals surface area contributed by atoms with Crippen molar-refractivity contribution in [1.82, 2.24) is 0 Å². The second-order valence-electron chi connectivity index (χ2n) is 4.44. The Hall–Kier alpha value is -0.200. The van der Waals surface area contributed by atoms with Crippen LogP contribution in [0.4, 0.5) is 0 Å². The maximum Gasteiger partial charge on any atom is 0.0554 e. The first-order valence-electron chi connectivity index (χ1n) is 5.81. The van der Waals surface area contributed by atoms with Gasteiger partial charge < -0.3 is 10.2 Å². The van der Waals surface area contributed by atoms with Crippen LogP contribution in [0, 0.1) is 0 Å². The molecule has 0 fully saturated rings. The molecule has 0 aliphatic carbocycles. The first kappa shape index (κ1) is 15.2. The van der Waals surface area contributed by atoms with Gasteiger partial charge in [0.05, 0.1) is 13.2 Å². The maximum atomic E-state index is 9.85. The van der Waals surface area contributed by atoms with Crippen molar-refractivity contribution in [3.63, 3.8) is 0 Å². The Morgan fingerprint density at radius 2 is 1.68 bits per heavy atom. The molecule has 1 aromatic carbocycles. The molecule has 0 amide bonds. The predicted octanol–water partition coefficient (Wildman–Crippen LogP) is 3.74. The summed E-state index contributed by atoms with van der Waals surface area (Å²) in [6, 6.07) is 9.70. The fraction of sp³-hybridized carbons (Fsp3) is 0.286. The van der Waals surface area contributed by atoms with E-state index in [9.17, 15) is 10.2 Å². The molecule has 0 aliphatic heterocycles. The largest absolute Gasteiger partial charge is 0.395 e. The molecule has 102 valence electrons. The van der Waals surface area contributed by atoms with E-state index >= 15 is 0 Å². The summed E-state index contributed by atoms with van der Waals surface area (Å²) in [5, 5.41) is 21.7. The van der Waals surface area contributed by atoms with Gasteiger partial charge in [-0.15, -0.1) is 11.3 Å². The van der Waals surface area contributed by atoms with Crippen molar-refractivity contribution in [3.05, 3.63) is 55.1 Å². The highest BCUT2D eigenvalue weighted by atomic mass is 79.9. The van der Waals surface area contributed by atoms with Gasteiger partial charge in [0.1, 0.15) is 0 Å². The van der Waals surface area contributed by atoms with Crippen LogP contribution >= 0.6 is 43.2 Å². The van der Waals surface area contributed by atoms with Gasteiger partial charge in [0.15, 0.2) is 0 Å². The molecular weight excluding hydrogens is 392 g/mol. The Balaban J connectivity index is 2.44. The van der Waals surface area contributed by atoms with Crippen LogP contribution < -0.4 is 0 Å². The molecule has 0 aliphatic rings. The first-order chi connectivity index (χ1) is 9.13. The zero-order valence-corrected chi connectivity index (χ0v) is 14.1. The number of benzene rings is 1. The number of rotatable bonds is 5. The molecule has 5 heteroatoms. The minimum absolute atomic E-state index is 0.101. The number of aliphatic hydroxyl groups is 2. The Morgan fingerprint density at radius 3 is 2.21 bits per heavy atom. The molecule has 0 atom stereocenters. The molecule has 0 bridgehead atoms. The minimum atomic E-state index is -0.673. The summed E-state index contributed by atoms with van der Waals surface area (Å²) in [5.74, 6) is 0. The van der Waals surface area contributed by atoms with Crippen LogP contribution in [0.5, 0.6) is 0 Å². The van der Waals surface area contributed by atoms with E-state index in [1.165, 1.54) is 0 Å². The van der Waals surface area contributed by atoms with E-state index in [1.54, 1.807) is 11.3 Å². The summed E-state index contributed by atoms with van der Waals surface area (Å²) in [4.78, 5) is 1.12. The lowest BCUT2D eigenvalue weighted by atomic mass is 9.78. The highest BCUT2D eigenvalue weighted by Crippen LogP contribution is 2.36. The lowest BCUT2D eigenvalue weighted by Gasteiger charge is -2.31. The molecule has 0 saturated carbocycles. The molecule has 2 aromatic rings. The van der Waals surface area contributed by atoms with E-state index in [2.05, 4.69) is 31.9 Å². The summed E-state index contributed by atoms with van der Waals surface area (Å²) < 4.78 is 1.93. The van der Waals surface area contributed by atoms with Crippen molar-refractivity contribution in [2.45, 2.75) is 11.8 Å². The molecule has 0 spiro atoms. The Kier molecular flexibility index (Phi) is 5.20. The lowest BCUT2D eigenvalue weighted by Crippen LogP contribution is -2.37. The second-order valence-corrected chi connectivity index (χ2v) is 7.15. The number of halogens is 2. The van der Waals surface area contributed by atoms with Gasteiger partial charge in [-0.3, -0.25) is 0 Å². The lowest BCUT2D eigenvalue weighted by molar-refractivity contribution is 0.116. The average molecular weight is 406 g/mol. The van der Waals surface area contributed by atoms with E-state index in [0.29, 0.717) is 6.42 Å². The predicted molar refractivity (Wildman–Crippen MR) is 85.7 cm³/mol. The molecule has 19 heavy (non-hydrogen) atoms. The van der Waals surface area contributed by atoms with Gasteiger partial charge in [-0.1, -0.05) is 34.1 Å². The van der Waals surface area contributed by atoms with Gasteiger partial charge in [-0.25, -0.2) is 0 Å². The van der Waals surface area contributed by atoms with Crippen LogP contribution in [-0.4, -0.2) is 23.4 Å². The standard InChI is InChI=1S/C14H14Br2O2S/c15-11-4-2-1-3-10(11)14(8-17,9-18)7-13-12(16)5-6-19-13/h1-6,17-18H,7-9H2. The summed E-state index contributed by atoms with van der Waals surface area (Å²) >= 11 is 8.63. The van der Waals surface area contributed by atoms with Crippen molar-refractivity contribution in [2.24, 2.45) is 0 Å². The molecule has 0 saturated heterocycles. The Labute approximate surface area is 133 Å². The topological polar surface area (TPSA) is 40.5 Å². The van der Waals surface area contributed by atoms with Crippen molar-refractivity contribution < 1.29 is 10.2 Å². The van der Waals surface area contributed by atoms with Crippen LogP contribution in [0.25, 0.3) is 0 Å². The Bertz CT molecular complexity index is 550. The quantitative estimate of drug-likeness (QED) is 0.795. The highest BCUT2D eigenvalue weighted by Gasteiger charge is 2.34. The zero-order valence-electron chi connectivity index (χ0n) is 10.1. The van der Waals surface area contributed by atoms with Gasteiger partial charge in [-0.05, 0) is 45.4 Å². The zero-order chi connectivity index (χ0) is 13.9. The van der Waals surface area contributed by atoms with Crippen LogP contribution in [0.2, 0.25) is 0 Å². The first-order valence-corrected chi connectivity index (χ1v) is 8.28. The van der Waals surface area contributed by atoms with Crippen LogP contribution in [0.3, 0.4) is 0 Å². The molecule has 1 aromatic heterocycles. The van der Waals surface area contributed by atoms with Gasteiger partial charge in [-0.2, -0.15) is 0 Å². The van der Waals surface area contributed by atoms with E-state index in [-0.39, 0.29) is 13.2 Å². The number of thiophene rings is 1. The molecule has 0 radical (unpaired) electrons. The summed E-state index contributed by atoms with van der Waals surface area (Å²) in [6.45, 7) is -0.201. The van der Waals surface area contributed by atoms with Crippen LogP contribution in [-0.2, 0) is 11.8 Å². The fourth-order valence-corrected chi connectivity index (χ4v) is 4.42. The van der Waals surface area contributed by atoms with Crippen molar-refractivity contribution in [1.29, 1.82) is 0 Å². The molecule has 2 N–H and O–H groups in total. The van der Waals surface area contributed by atoms with E-state index in [0.717, 1.165) is 19.4 Å². The van der Waals surface area contributed by atoms with E-state index < -0.39 is 5.41 Å². The fourth-order valence-electron chi connectivity index (χ4n) is 2.08. The molecule has 0 unspecified atom stereocenters. The number of hydrogen-bond acceptors (Lipinski definition) is 3. The van der Waals surface area contributed by atoms with Crippen molar-refractivity contribution >= 4 is 43.2 Å². The normalized spacial score (nSPS) is 11.8. The Morgan fingerprint density at radius 1 is 1.00 bits per heavy atom. The highest BCUT2D eigenvalue weighted by molar-refractivity contribution is 9.10. The second kappa shape index (κ2) is 6.50. The van der Waals surface area contributed by atoms with Crippen LogP contribution in [0.1, 0.15) is 10.4 Å². The van der Waals surface area contributed by atoms with Crippen LogP contribution in [0.15, 0.2) is 44.7 Å². The van der Waals surface area contributed by atoms with Gasteiger partial charge in [0.25, 0.3) is 0 Å². The van der Waals surface area contributed by atoms with Gasteiger partial charge >= 0.3 is 0 Å². The smallest absolute Gasteiger partial charge is 0.0554 e. The summed E-state index contributed by atoms with van der Waals surface area (Å²) in [5.41, 5.74) is 0.258. The van der Waals surface area contributed by atoms with Gasteiger partial charge in [0.2, 0.25) is 0 Å². The summed E-state index contributed by atoms with van der Waals surface area (Å²) in [7, 11) is 0. The third-order valence-corrected chi connectivity index (χ3v) is 5.86. The van der Waals surface area contributed by atoms with E-state index in [4.69, 9.17) is 0 Å². The molecule has 1 heterocycles. The number of hydrogen-bond donors (Lipinski definition) is 2. The van der Waals surface area contributed by atoms with E-state index in [1.807, 2.05) is 35.7 Å². The average Bonchev–Trinajstić information content (AvgIpc) is 2.82. The third-order valence-electron chi connectivity index (χ3n) is 3.24. The molecule has 2 nitrogen and oxygen atoms in total.